The minimum Gasteiger partial charge on any atom is -0.345 e. The van der Waals surface area contributed by atoms with Gasteiger partial charge in [0.2, 0.25) is 5.91 Å². The Labute approximate surface area is 105 Å². The quantitative estimate of drug-likeness (QED) is 0.756. The summed E-state index contributed by atoms with van der Waals surface area (Å²) in [6, 6.07) is 0. The Morgan fingerprint density at radius 3 is 2.24 bits per heavy atom. The number of likely N-dealkylation sites (N-methyl/N-ethyl adjacent to an activating group) is 2. The lowest BCUT2D eigenvalue weighted by Gasteiger charge is -2.40. The Bertz CT molecular complexity index is 249. The second kappa shape index (κ2) is 6.36. The van der Waals surface area contributed by atoms with Crippen LogP contribution in [0.25, 0.3) is 0 Å². The van der Waals surface area contributed by atoms with Crippen LogP contribution in [-0.4, -0.2) is 54.5 Å². The fraction of sp³-hybridized carbons (Fsp3) is 0.923. The summed E-state index contributed by atoms with van der Waals surface area (Å²) in [5, 5.41) is 0. The molecule has 1 aliphatic carbocycles. The van der Waals surface area contributed by atoms with Crippen LogP contribution in [0.3, 0.4) is 0 Å². The Hall–Kier alpha value is -0.610. The van der Waals surface area contributed by atoms with Crippen molar-refractivity contribution in [3.8, 4) is 0 Å². The summed E-state index contributed by atoms with van der Waals surface area (Å²) in [7, 11) is 1.86. The van der Waals surface area contributed by atoms with Crippen molar-refractivity contribution >= 4 is 5.91 Å². The second-order valence-electron chi connectivity index (χ2n) is 5.06. The molecule has 17 heavy (non-hydrogen) atoms. The monoisotopic (exact) mass is 241 g/mol. The fourth-order valence-corrected chi connectivity index (χ4v) is 2.76. The molecule has 2 N–H and O–H groups in total. The Kier molecular flexibility index (Phi) is 5.40. The molecule has 1 fully saturated rings. The van der Waals surface area contributed by atoms with Gasteiger partial charge in [-0.15, -0.1) is 0 Å². The third-order valence-electron chi connectivity index (χ3n) is 4.19. The zero-order valence-corrected chi connectivity index (χ0v) is 11.5. The minimum absolute atomic E-state index is 0.0823. The highest BCUT2D eigenvalue weighted by Crippen LogP contribution is 2.34. The van der Waals surface area contributed by atoms with Crippen LogP contribution in [0, 0.1) is 0 Å². The van der Waals surface area contributed by atoms with Gasteiger partial charge in [0.1, 0.15) is 0 Å². The van der Waals surface area contributed by atoms with E-state index in [-0.39, 0.29) is 11.4 Å². The maximum absolute atomic E-state index is 12.0. The molecule has 0 bridgehead atoms. The SMILES string of the molecule is CCN(C)C(=O)CN(CC)C1(CN)CCCC1. The van der Waals surface area contributed by atoms with Crippen molar-refractivity contribution in [2.24, 2.45) is 5.73 Å². The third-order valence-corrected chi connectivity index (χ3v) is 4.19. The smallest absolute Gasteiger partial charge is 0.236 e. The van der Waals surface area contributed by atoms with Crippen molar-refractivity contribution in [1.82, 2.24) is 9.80 Å². The van der Waals surface area contributed by atoms with E-state index in [2.05, 4.69) is 11.8 Å². The first-order valence-corrected chi connectivity index (χ1v) is 6.78. The van der Waals surface area contributed by atoms with Crippen molar-refractivity contribution in [3.63, 3.8) is 0 Å². The first kappa shape index (κ1) is 14.5. The first-order chi connectivity index (χ1) is 8.09. The van der Waals surface area contributed by atoms with Crippen LogP contribution in [0.2, 0.25) is 0 Å². The number of carbonyl (C=O) groups excluding carboxylic acids is 1. The molecule has 4 heteroatoms. The molecule has 0 spiro atoms. The number of carbonyl (C=O) groups is 1. The molecule has 1 aliphatic rings. The molecule has 0 heterocycles. The molecule has 0 radical (unpaired) electrons. The van der Waals surface area contributed by atoms with Gasteiger partial charge in [0.15, 0.2) is 0 Å². The molecule has 1 saturated carbocycles. The summed E-state index contributed by atoms with van der Waals surface area (Å²) < 4.78 is 0. The molecule has 0 aromatic rings. The number of nitrogens with two attached hydrogens (primary N) is 1. The van der Waals surface area contributed by atoms with E-state index in [4.69, 9.17) is 5.73 Å². The molecule has 100 valence electrons. The van der Waals surface area contributed by atoms with Gasteiger partial charge in [-0.25, -0.2) is 0 Å². The van der Waals surface area contributed by atoms with Gasteiger partial charge in [-0.2, -0.15) is 0 Å². The Morgan fingerprint density at radius 1 is 1.24 bits per heavy atom. The number of rotatable bonds is 6. The fourth-order valence-electron chi connectivity index (χ4n) is 2.76. The van der Waals surface area contributed by atoms with Crippen LogP contribution in [0.15, 0.2) is 0 Å². The molecule has 0 aliphatic heterocycles. The van der Waals surface area contributed by atoms with E-state index in [1.165, 1.54) is 12.8 Å². The van der Waals surface area contributed by atoms with Gasteiger partial charge in [0, 0.05) is 25.7 Å². The molecular formula is C13H27N3O. The normalized spacial score (nSPS) is 18.6. The van der Waals surface area contributed by atoms with E-state index < -0.39 is 0 Å². The van der Waals surface area contributed by atoms with Crippen molar-refractivity contribution in [3.05, 3.63) is 0 Å². The maximum Gasteiger partial charge on any atom is 0.236 e. The lowest BCUT2D eigenvalue weighted by atomic mass is 9.95. The average Bonchev–Trinajstić information content (AvgIpc) is 2.84. The lowest BCUT2D eigenvalue weighted by molar-refractivity contribution is -0.132. The number of hydrogen-bond donors (Lipinski definition) is 1. The predicted molar refractivity (Wildman–Crippen MR) is 70.8 cm³/mol. The van der Waals surface area contributed by atoms with Crippen LogP contribution in [0.4, 0.5) is 0 Å². The standard InChI is InChI=1S/C13H27N3O/c1-4-15(3)12(17)10-16(5-2)13(11-14)8-6-7-9-13/h4-11,14H2,1-3H3. The molecule has 0 unspecified atom stereocenters. The van der Waals surface area contributed by atoms with Crippen molar-refractivity contribution in [2.45, 2.75) is 45.1 Å². The largest absolute Gasteiger partial charge is 0.345 e. The number of amides is 1. The highest BCUT2D eigenvalue weighted by Gasteiger charge is 2.38. The van der Waals surface area contributed by atoms with Gasteiger partial charge >= 0.3 is 0 Å². The Balaban J connectivity index is 2.67. The number of nitrogens with zero attached hydrogens (tertiary/aromatic N) is 2. The van der Waals surface area contributed by atoms with Crippen LogP contribution in [0.1, 0.15) is 39.5 Å². The van der Waals surface area contributed by atoms with E-state index in [0.29, 0.717) is 13.1 Å². The van der Waals surface area contributed by atoms with E-state index >= 15 is 0 Å². The van der Waals surface area contributed by atoms with Crippen LogP contribution >= 0.6 is 0 Å². The van der Waals surface area contributed by atoms with Gasteiger partial charge < -0.3 is 10.6 Å². The molecule has 0 aromatic carbocycles. The van der Waals surface area contributed by atoms with Crippen molar-refractivity contribution < 1.29 is 4.79 Å². The van der Waals surface area contributed by atoms with Gasteiger partial charge in [-0.1, -0.05) is 19.8 Å². The van der Waals surface area contributed by atoms with E-state index in [9.17, 15) is 4.79 Å². The highest BCUT2D eigenvalue weighted by atomic mass is 16.2. The minimum atomic E-state index is 0.0823. The molecular weight excluding hydrogens is 214 g/mol. The van der Waals surface area contributed by atoms with E-state index in [1.54, 1.807) is 4.90 Å². The molecule has 0 aromatic heterocycles. The van der Waals surface area contributed by atoms with Crippen molar-refractivity contribution in [2.75, 3.05) is 33.2 Å². The summed E-state index contributed by atoms with van der Waals surface area (Å²) in [4.78, 5) is 16.1. The molecule has 1 rings (SSSR count). The summed E-state index contributed by atoms with van der Waals surface area (Å²) >= 11 is 0. The zero-order chi connectivity index (χ0) is 12.9. The van der Waals surface area contributed by atoms with Crippen LogP contribution in [0.5, 0.6) is 0 Å². The summed E-state index contributed by atoms with van der Waals surface area (Å²) in [5.74, 6) is 0.203. The molecule has 4 nitrogen and oxygen atoms in total. The molecule has 0 saturated heterocycles. The number of hydrogen-bond acceptors (Lipinski definition) is 3. The van der Waals surface area contributed by atoms with Crippen LogP contribution < -0.4 is 5.73 Å². The predicted octanol–water partition coefficient (Wildman–Crippen LogP) is 1.06. The van der Waals surface area contributed by atoms with E-state index in [0.717, 1.165) is 25.9 Å². The van der Waals surface area contributed by atoms with Gasteiger partial charge in [0.25, 0.3) is 0 Å². The summed E-state index contributed by atoms with van der Waals surface area (Å²) in [6.07, 6.45) is 4.76. The summed E-state index contributed by atoms with van der Waals surface area (Å²) in [5.41, 5.74) is 6.05. The Morgan fingerprint density at radius 2 is 1.82 bits per heavy atom. The summed E-state index contributed by atoms with van der Waals surface area (Å²) in [6.45, 7) is 6.98. The average molecular weight is 241 g/mol. The second-order valence-corrected chi connectivity index (χ2v) is 5.06. The first-order valence-electron chi connectivity index (χ1n) is 6.78. The highest BCUT2D eigenvalue weighted by molar-refractivity contribution is 5.78. The van der Waals surface area contributed by atoms with E-state index in [1.807, 2.05) is 14.0 Å². The zero-order valence-electron chi connectivity index (χ0n) is 11.5. The maximum atomic E-state index is 12.0. The molecule has 0 atom stereocenters. The van der Waals surface area contributed by atoms with Crippen molar-refractivity contribution in [1.29, 1.82) is 0 Å². The molecule has 1 amide bonds. The van der Waals surface area contributed by atoms with Gasteiger partial charge in [0.05, 0.1) is 6.54 Å². The van der Waals surface area contributed by atoms with Gasteiger partial charge in [-0.3, -0.25) is 9.69 Å². The third kappa shape index (κ3) is 3.19. The topological polar surface area (TPSA) is 49.6 Å². The van der Waals surface area contributed by atoms with Gasteiger partial charge in [-0.05, 0) is 26.3 Å². The lowest BCUT2D eigenvalue weighted by Crippen LogP contribution is -2.55. The van der Waals surface area contributed by atoms with Crippen LogP contribution in [-0.2, 0) is 4.79 Å².